The summed E-state index contributed by atoms with van der Waals surface area (Å²) in [5.41, 5.74) is 1.96. The van der Waals surface area contributed by atoms with Gasteiger partial charge in [0.15, 0.2) is 0 Å². The number of pyridine rings is 1. The molecule has 1 N–H and O–H groups in total. The fourth-order valence-electron chi connectivity index (χ4n) is 3.01. The van der Waals surface area contributed by atoms with Crippen LogP contribution >= 0.6 is 22.9 Å². The molecule has 0 amide bonds. The van der Waals surface area contributed by atoms with Crippen molar-refractivity contribution < 1.29 is 0 Å². The van der Waals surface area contributed by atoms with Crippen molar-refractivity contribution in [3.05, 3.63) is 40.9 Å². The third kappa shape index (κ3) is 2.43. The molecule has 3 aromatic heterocycles. The lowest BCUT2D eigenvalue weighted by atomic mass is 10.2. The Morgan fingerprint density at radius 1 is 1.24 bits per heavy atom. The number of nitrogens with zero attached hydrogens (tertiary/aromatic N) is 2. The van der Waals surface area contributed by atoms with Crippen molar-refractivity contribution in [1.82, 2.24) is 9.38 Å². The minimum absolute atomic E-state index is 0.544. The number of thiophene rings is 1. The van der Waals surface area contributed by atoms with Gasteiger partial charge >= 0.3 is 0 Å². The zero-order chi connectivity index (χ0) is 14.2. The fourth-order valence-corrected chi connectivity index (χ4v) is 3.88. The summed E-state index contributed by atoms with van der Waals surface area (Å²) in [5, 5.41) is 6.51. The summed E-state index contributed by atoms with van der Waals surface area (Å²) in [4.78, 5) is 5.98. The molecule has 0 spiro atoms. The highest BCUT2D eigenvalue weighted by Gasteiger charge is 2.20. The Kier molecular flexibility index (Phi) is 3.36. The van der Waals surface area contributed by atoms with E-state index >= 15 is 0 Å². The van der Waals surface area contributed by atoms with Crippen molar-refractivity contribution >= 4 is 34.4 Å². The number of rotatable bonds is 3. The average molecular weight is 318 g/mol. The molecule has 3 heterocycles. The zero-order valence-electron chi connectivity index (χ0n) is 11.6. The van der Waals surface area contributed by atoms with Crippen molar-refractivity contribution in [1.29, 1.82) is 0 Å². The fraction of sp³-hybridized carbons (Fsp3) is 0.312. The quantitative estimate of drug-likeness (QED) is 0.730. The van der Waals surface area contributed by atoms with E-state index in [-0.39, 0.29) is 0 Å². The van der Waals surface area contributed by atoms with Crippen LogP contribution in [0.4, 0.5) is 5.82 Å². The number of nitrogens with one attached hydrogen (secondary N) is 1. The van der Waals surface area contributed by atoms with E-state index in [1.807, 2.05) is 18.3 Å². The van der Waals surface area contributed by atoms with Gasteiger partial charge in [-0.3, -0.25) is 4.40 Å². The van der Waals surface area contributed by atoms with E-state index in [4.69, 9.17) is 16.6 Å². The molecule has 0 radical (unpaired) electrons. The van der Waals surface area contributed by atoms with E-state index in [1.54, 1.807) is 11.3 Å². The van der Waals surface area contributed by atoms with Gasteiger partial charge in [-0.05, 0) is 36.4 Å². The Morgan fingerprint density at radius 2 is 2.10 bits per heavy atom. The van der Waals surface area contributed by atoms with E-state index in [2.05, 4.69) is 27.2 Å². The Morgan fingerprint density at radius 3 is 2.86 bits per heavy atom. The van der Waals surface area contributed by atoms with Gasteiger partial charge in [-0.2, -0.15) is 0 Å². The Balaban J connectivity index is 1.86. The number of fused-ring (bicyclic) bond motifs is 1. The number of imidazole rings is 1. The van der Waals surface area contributed by atoms with Gasteiger partial charge < -0.3 is 5.32 Å². The number of hydrogen-bond acceptors (Lipinski definition) is 3. The third-order valence-electron chi connectivity index (χ3n) is 4.03. The second-order valence-electron chi connectivity index (χ2n) is 5.49. The molecule has 1 aliphatic carbocycles. The SMILES string of the molecule is Clc1ccc2nc(-c3cccs3)c(NC3CCCC3)n2c1. The van der Waals surface area contributed by atoms with Crippen LogP contribution in [0.5, 0.6) is 0 Å². The van der Waals surface area contributed by atoms with E-state index in [0.717, 1.165) is 22.2 Å². The molecule has 5 heteroatoms. The summed E-state index contributed by atoms with van der Waals surface area (Å²) in [5.74, 6) is 1.07. The van der Waals surface area contributed by atoms with Gasteiger partial charge in [0, 0.05) is 12.2 Å². The van der Waals surface area contributed by atoms with Crippen LogP contribution in [0.3, 0.4) is 0 Å². The van der Waals surface area contributed by atoms with Crippen molar-refractivity contribution in [2.24, 2.45) is 0 Å². The standard InChI is InChI=1S/C16H16ClN3S/c17-11-7-8-14-19-15(13-6-3-9-21-13)16(20(14)10-11)18-12-4-1-2-5-12/h3,6-10,12,18H,1-2,4-5H2. The van der Waals surface area contributed by atoms with Gasteiger partial charge in [0.2, 0.25) is 0 Å². The maximum absolute atomic E-state index is 6.17. The summed E-state index contributed by atoms with van der Waals surface area (Å²) in [7, 11) is 0. The zero-order valence-corrected chi connectivity index (χ0v) is 13.1. The molecular formula is C16H16ClN3S. The van der Waals surface area contributed by atoms with Crippen LogP contribution in [0.25, 0.3) is 16.2 Å². The molecule has 0 aliphatic heterocycles. The van der Waals surface area contributed by atoms with Crippen LogP contribution in [0.15, 0.2) is 35.8 Å². The van der Waals surface area contributed by atoms with E-state index in [0.29, 0.717) is 6.04 Å². The molecular weight excluding hydrogens is 302 g/mol. The molecule has 1 saturated carbocycles. The van der Waals surface area contributed by atoms with Crippen LogP contribution < -0.4 is 5.32 Å². The minimum atomic E-state index is 0.544. The molecule has 21 heavy (non-hydrogen) atoms. The van der Waals surface area contributed by atoms with Crippen LogP contribution in [0.1, 0.15) is 25.7 Å². The first-order valence-corrected chi connectivity index (χ1v) is 8.55. The monoisotopic (exact) mass is 317 g/mol. The summed E-state index contributed by atoms with van der Waals surface area (Å²) in [6.45, 7) is 0. The Bertz CT molecular complexity index is 757. The van der Waals surface area contributed by atoms with Gasteiger partial charge in [-0.15, -0.1) is 11.3 Å². The number of halogens is 1. The minimum Gasteiger partial charge on any atom is -0.367 e. The molecule has 4 rings (SSSR count). The lowest BCUT2D eigenvalue weighted by molar-refractivity contribution is 0.749. The highest BCUT2D eigenvalue weighted by Crippen LogP contribution is 2.34. The summed E-state index contributed by atoms with van der Waals surface area (Å²) >= 11 is 7.89. The van der Waals surface area contributed by atoms with Crippen molar-refractivity contribution in [3.63, 3.8) is 0 Å². The average Bonchev–Trinajstić information content (AvgIpc) is 3.20. The molecule has 1 aliphatic rings. The normalized spacial score (nSPS) is 15.9. The van der Waals surface area contributed by atoms with Gasteiger partial charge in [0.1, 0.15) is 17.2 Å². The number of aromatic nitrogens is 2. The second-order valence-corrected chi connectivity index (χ2v) is 6.87. The molecule has 108 valence electrons. The summed E-state index contributed by atoms with van der Waals surface area (Å²) in [6.07, 6.45) is 7.03. The van der Waals surface area contributed by atoms with Crippen molar-refractivity contribution in [2.75, 3.05) is 5.32 Å². The molecule has 0 unspecified atom stereocenters. The maximum atomic E-state index is 6.17. The van der Waals surface area contributed by atoms with Crippen LogP contribution in [0.2, 0.25) is 5.02 Å². The smallest absolute Gasteiger partial charge is 0.139 e. The second kappa shape index (κ2) is 5.35. The largest absolute Gasteiger partial charge is 0.367 e. The number of anilines is 1. The first-order chi connectivity index (χ1) is 10.3. The Labute approximate surface area is 132 Å². The van der Waals surface area contributed by atoms with E-state index in [1.165, 1.54) is 30.6 Å². The lowest BCUT2D eigenvalue weighted by Gasteiger charge is -2.14. The topological polar surface area (TPSA) is 29.3 Å². The molecule has 0 aromatic carbocycles. The molecule has 0 atom stereocenters. The van der Waals surface area contributed by atoms with Crippen molar-refractivity contribution in [3.8, 4) is 10.6 Å². The number of hydrogen-bond donors (Lipinski definition) is 1. The van der Waals surface area contributed by atoms with Gasteiger partial charge in [0.25, 0.3) is 0 Å². The van der Waals surface area contributed by atoms with E-state index < -0.39 is 0 Å². The molecule has 1 fully saturated rings. The molecule has 0 bridgehead atoms. The molecule has 3 aromatic rings. The van der Waals surface area contributed by atoms with Crippen LogP contribution in [0, 0.1) is 0 Å². The maximum Gasteiger partial charge on any atom is 0.139 e. The van der Waals surface area contributed by atoms with Gasteiger partial charge in [-0.25, -0.2) is 4.98 Å². The highest BCUT2D eigenvalue weighted by molar-refractivity contribution is 7.13. The van der Waals surface area contributed by atoms with Crippen LogP contribution in [-0.2, 0) is 0 Å². The first-order valence-electron chi connectivity index (χ1n) is 7.29. The molecule has 0 saturated heterocycles. The highest BCUT2D eigenvalue weighted by atomic mass is 35.5. The summed E-state index contributed by atoms with van der Waals surface area (Å²) in [6, 6.07) is 8.59. The van der Waals surface area contributed by atoms with Crippen LogP contribution in [-0.4, -0.2) is 15.4 Å². The summed E-state index contributed by atoms with van der Waals surface area (Å²) < 4.78 is 2.08. The third-order valence-corrected chi connectivity index (χ3v) is 5.13. The van der Waals surface area contributed by atoms with Gasteiger partial charge in [-0.1, -0.05) is 30.5 Å². The predicted molar refractivity (Wildman–Crippen MR) is 89.4 cm³/mol. The van der Waals surface area contributed by atoms with E-state index in [9.17, 15) is 0 Å². The first kappa shape index (κ1) is 13.2. The van der Waals surface area contributed by atoms with Gasteiger partial charge in [0.05, 0.1) is 9.90 Å². The molecule has 3 nitrogen and oxygen atoms in total. The lowest BCUT2D eigenvalue weighted by Crippen LogP contribution is -2.16. The Hall–Kier alpha value is -1.52. The predicted octanol–water partition coefficient (Wildman–Crippen LogP) is 5.07. The van der Waals surface area contributed by atoms with Crippen molar-refractivity contribution in [2.45, 2.75) is 31.7 Å².